The highest BCUT2D eigenvalue weighted by atomic mass is 16.5. The molecule has 96 valence electrons. The molecule has 0 amide bonds. The lowest BCUT2D eigenvalue weighted by atomic mass is 10.3. The molecule has 0 aliphatic rings. The predicted molar refractivity (Wildman–Crippen MR) is 70.7 cm³/mol. The Hall–Kier alpha value is -2.63. The van der Waals surface area contributed by atoms with E-state index in [2.05, 4.69) is 15.3 Å². The molecule has 0 saturated heterocycles. The molecule has 0 spiro atoms. The van der Waals surface area contributed by atoms with E-state index in [9.17, 15) is 0 Å². The topological polar surface area (TPSA) is 78.3 Å². The van der Waals surface area contributed by atoms with Crippen LogP contribution in [0.3, 0.4) is 0 Å². The van der Waals surface area contributed by atoms with E-state index in [1.807, 2.05) is 37.3 Å². The van der Waals surface area contributed by atoms with Gasteiger partial charge in [0.1, 0.15) is 12.4 Å². The standard InChI is InChI=1S/C13H13N5O/c1-9-6-7-12-15-16-13(18(12)17-9)8-19-11-5-3-2-4-10(11)14/h2-7H,8,14H2,1H3. The second kappa shape index (κ2) is 4.56. The van der Waals surface area contributed by atoms with E-state index in [1.165, 1.54) is 0 Å². The van der Waals surface area contributed by atoms with Crippen LogP contribution >= 0.6 is 0 Å². The molecule has 0 aliphatic carbocycles. The molecule has 0 atom stereocenters. The minimum absolute atomic E-state index is 0.270. The van der Waals surface area contributed by atoms with Gasteiger partial charge < -0.3 is 10.5 Å². The number of anilines is 1. The Morgan fingerprint density at radius 1 is 1.16 bits per heavy atom. The molecule has 2 heterocycles. The molecular weight excluding hydrogens is 242 g/mol. The van der Waals surface area contributed by atoms with Crippen LogP contribution in [-0.2, 0) is 6.61 Å². The number of aryl methyl sites for hydroxylation is 1. The Morgan fingerprint density at radius 3 is 2.84 bits per heavy atom. The highest BCUT2D eigenvalue weighted by Crippen LogP contribution is 2.20. The van der Waals surface area contributed by atoms with Gasteiger partial charge in [-0.2, -0.15) is 9.61 Å². The molecule has 0 bridgehead atoms. The van der Waals surface area contributed by atoms with Gasteiger partial charge in [-0.3, -0.25) is 0 Å². The molecule has 2 aromatic heterocycles. The van der Waals surface area contributed by atoms with Crippen molar-refractivity contribution in [3.05, 3.63) is 47.9 Å². The molecule has 3 rings (SSSR count). The highest BCUT2D eigenvalue weighted by Gasteiger charge is 2.08. The average Bonchev–Trinajstić information content (AvgIpc) is 2.80. The van der Waals surface area contributed by atoms with Crippen molar-refractivity contribution in [2.75, 3.05) is 5.73 Å². The summed E-state index contributed by atoms with van der Waals surface area (Å²) in [6.45, 7) is 2.19. The summed E-state index contributed by atoms with van der Waals surface area (Å²) in [6, 6.07) is 11.1. The number of nitrogens with two attached hydrogens (primary N) is 1. The number of hydrogen-bond donors (Lipinski definition) is 1. The van der Waals surface area contributed by atoms with Gasteiger partial charge >= 0.3 is 0 Å². The van der Waals surface area contributed by atoms with Crippen LogP contribution in [0, 0.1) is 6.92 Å². The molecule has 3 aromatic rings. The fourth-order valence-corrected chi connectivity index (χ4v) is 1.77. The van der Waals surface area contributed by atoms with Crippen LogP contribution in [0.1, 0.15) is 11.5 Å². The number of benzene rings is 1. The van der Waals surface area contributed by atoms with Gasteiger partial charge in [0.2, 0.25) is 0 Å². The Bertz CT molecular complexity index is 722. The highest BCUT2D eigenvalue weighted by molar-refractivity contribution is 5.51. The molecule has 0 unspecified atom stereocenters. The zero-order chi connectivity index (χ0) is 13.2. The number of ether oxygens (including phenoxy) is 1. The van der Waals surface area contributed by atoms with Crippen LogP contribution in [0.25, 0.3) is 5.65 Å². The summed E-state index contributed by atoms with van der Waals surface area (Å²) in [7, 11) is 0. The maximum atomic E-state index is 5.81. The molecule has 0 fully saturated rings. The minimum Gasteiger partial charge on any atom is -0.483 e. The van der Waals surface area contributed by atoms with Crippen molar-refractivity contribution >= 4 is 11.3 Å². The molecular formula is C13H13N5O. The van der Waals surface area contributed by atoms with Gasteiger partial charge in [-0.25, -0.2) is 0 Å². The van der Waals surface area contributed by atoms with Gasteiger partial charge in [-0.05, 0) is 31.2 Å². The number of nitrogen functional groups attached to an aromatic ring is 1. The van der Waals surface area contributed by atoms with Crippen LogP contribution in [0.5, 0.6) is 5.75 Å². The summed E-state index contributed by atoms with van der Waals surface area (Å²) in [4.78, 5) is 0. The Morgan fingerprint density at radius 2 is 2.00 bits per heavy atom. The van der Waals surface area contributed by atoms with Crippen molar-refractivity contribution in [3.8, 4) is 5.75 Å². The van der Waals surface area contributed by atoms with E-state index in [0.717, 1.165) is 5.69 Å². The molecule has 6 nitrogen and oxygen atoms in total. The van der Waals surface area contributed by atoms with Crippen molar-refractivity contribution in [2.24, 2.45) is 0 Å². The quantitative estimate of drug-likeness (QED) is 0.719. The molecule has 1 aromatic carbocycles. The number of para-hydroxylation sites is 2. The van der Waals surface area contributed by atoms with Crippen molar-refractivity contribution in [1.82, 2.24) is 19.8 Å². The summed E-state index contributed by atoms with van der Waals surface area (Å²) >= 11 is 0. The Labute approximate surface area is 109 Å². The van der Waals surface area contributed by atoms with Crippen molar-refractivity contribution in [1.29, 1.82) is 0 Å². The predicted octanol–water partition coefficient (Wildman–Crippen LogP) is 1.59. The maximum absolute atomic E-state index is 5.81. The molecule has 0 saturated carbocycles. The monoisotopic (exact) mass is 255 g/mol. The second-order valence-corrected chi connectivity index (χ2v) is 4.19. The first kappa shape index (κ1) is 11.5. The molecule has 6 heteroatoms. The molecule has 19 heavy (non-hydrogen) atoms. The number of hydrogen-bond acceptors (Lipinski definition) is 5. The van der Waals surface area contributed by atoms with Crippen LogP contribution in [0.2, 0.25) is 0 Å². The lowest BCUT2D eigenvalue weighted by Crippen LogP contribution is -2.05. The average molecular weight is 255 g/mol. The smallest absolute Gasteiger partial charge is 0.192 e. The summed E-state index contributed by atoms with van der Waals surface area (Å²) in [6.07, 6.45) is 0. The fourth-order valence-electron chi connectivity index (χ4n) is 1.77. The zero-order valence-corrected chi connectivity index (χ0v) is 10.4. The molecule has 0 radical (unpaired) electrons. The van der Waals surface area contributed by atoms with Gasteiger partial charge in [0, 0.05) is 0 Å². The first-order valence-electron chi connectivity index (χ1n) is 5.89. The number of fused-ring (bicyclic) bond motifs is 1. The van der Waals surface area contributed by atoms with E-state index >= 15 is 0 Å². The number of rotatable bonds is 3. The molecule has 2 N–H and O–H groups in total. The van der Waals surface area contributed by atoms with E-state index in [4.69, 9.17) is 10.5 Å². The maximum Gasteiger partial charge on any atom is 0.192 e. The SMILES string of the molecule is Cc1ccc2nnc(COc3ccccc3N)n2n1. The van der Waals surface area contributed by atoms with Crippen molar-refractivity contribution < 1.29 is 4.74 Å². The first-order valence-corrected chi connectivity index (χ1v) is 5.89. The van der Waals surface area contributed by atoms with Gasteiger partial charge in [0.15, 0.2) is 11.5 Å². The Balaban J connectivity index is 1.86. The van der Waals surface area contributed by atoms with Gasteiger partial charge in [-0.15, -0.1) is 10.2 Å². The van der Waals surface area contributed by atoms with E-state index in [-0.39, 0.29) is 6.61 Å². The van der Waals surface area contributed by atoms with Crippen molar-refractivity contribution in [2.45, 2.75) is 13.5 Å². The largest absolute Gasteiger partial charge is 0.483 e. The van der Waals surface area contributed by atoms with E-state index in [0.29, 0.717) is 22.9 Å². The van der Waals surface area contributed by atoms with Crippen LogP contribution in [0.4, 0.5) is 5.69 Å². The second-order valence-electron chi connectivity index (χ2n) is 4.19. The van der Waals surface area contributed by atoms with Gasteiger partial charge in [-0.1, -0.05) is 12.1 Å². The normalized spacial score (nSPS) is 10.8. The summed E-state index contributed by atoms with van der Waals surface area (Å²) in [5, 5.41) is 12.5. The van der Waals surface area contributed by atoms with Crippen molar-refractivity contribution in [3.63, 3.8) is 0 Å². The van der Waals surface area contributed by atoms with Gasteiger partial charge in [0.05, 0.1) is 11.4 Å². The van der Waals surface area contributed by atoms with E-state index in [1.54, 1.807) is 10.6 Å². The lowest BCUT2D eigenvalue weighted by Gasteiger charge is -2.07. The zero-order valence-electron chi connectivity index (χ0n) is 10.4. The summed E-state index contributed by atoms with van der Waals surface area (Å²) < 4.78 is 7.32. The van der Waals surface area contributed by atoms with Crippen LogP contribution in [-0.4, -0.2) is 19.8 Å². The summed E-state index contributed by atoms with van der Waals surface area (Å²) in [5.74, 6) is 1.27. The molecule has 0 aliphatic heterocycles. The third-order valence-electron chi connectivity index (χ3n) is 2.74. The third kappa shape index (κ3) is 2.20. The van der Waals surface area contributed by atoms with Gasteiger partial charge in [0.25, 0.3) is 0 Å². The Kier molecular flexibility index (Phi) is 2.75. The number of aromatic nitrogens is 4. The first-order chi connectivity index (χ1) is 9.24. The van der Waals surface area contributed by atoms with E-state index < -0.39 is 0 Å². The lowest BCUT2D eigenvalue weighted by molar-refractivity contribution is 0.294. The summed E-state index contributed by atoms with van der Waals surface area (Å²) in [5.41, 5.74) is 8.01. The van der Waals surface area contributed by atoms with Crippen LogP contribution < -0.4 is 10.5 Å². The van der Waals surface area contributed by atoms with Crippen LogP contribution in [0.15, 0.2) is 36.4 Å². The third-order valence-corrected chi connectivity index (χ3v) is 2.74. The minimum atomic E-state index is 0.270. The number of nitrogens with zero attached hydrogens (tertiary/aromatic N) is 4. The fraction of sp³-hybridized carbons (Fsp3) is 0.154.